The maximum atomic E-state index is 12.3. The van der Waals surface area contributed by atoms with Crippen molar-refractivity contribution in [2.45, 2.75) is 58.1 Å². The molecular weight excluding hydrogens is 238 g/mol. The van der Waals surface area contributed by atoms with Crippen molar-refractivity contribution in [3.05, 3.63) is 34.9 Å². The Labute approximate surface area is 115 Å². The fraction of sp³-hybridized carbons (Fsp3) is 0.562. The Hall–Kier alpha value is -1.35. The molecule has 0 radical (unpaired) electrons. The summed E-state index contributed by atoms with van der Waals surface area (Å²) in [6.45, 7) is 3.97. The minimum atomic E-state index is -0.405. The summed E-state index contributed by atoms with van der Waals surface area (Å²) in [7, 11) is 0. The molecule has 1 amide bonds. The predicted molar refractivity (Wildman–Crippen MR) is 76.3 cm³/mol. The van der Waals surface area contributed by atoms with E-state index in [0.29, 0.717) is 5.56 Å². The molecule has 3 heteroatoms. The third-order valence-corrected chi connectivity index (χ3v) is 3.92. The molecule has 104 valence electrons. The van der Waals surface area contributed by atoms with Crippen LogP contribution in [0.1, 0.15) is 53.6 Å². The monoisotopic (exact) mass is 261 g/mol. The maximum Gasteiger partial charge on any atom is 0.251 e. The molecule has 19 heavy (non-hydrogen) atoms. The van der Waals surface area contributed by atoms with E-state index in [-0.39, 0.29) is 11.9 Å². The molecule has 2 rings (SSSR count). The number of amides is 1. The molecule has 2 atom stereocenters. The SMILES string of the molecule is Cc1ccc(C(=O)NC2CCCCCC2O)c(C)c1. The van der Waals surface area contributed by atoms with Crippen LogP contribution < -0.4 is 5.32 Å². The van der Waals surface area contributed by atoms with Crippen LogP contribution in [0.5, 0.6) is 0 Å². The second kappa shape index (κ2) is 6.20. The summed E-state index contributed by atoms with van der Waals surface area (Å²) in [4.78, 5) is 12.3. The second-order valence-electron chi connectivity index (χ2n) is 5.60. The number of aryl methyl sites for hydroxylation is 2. The summed E-state index contributed by atoms with van der Waals surface area (Å²) in [5, 5.41) is 13.0. The van der Waals surface area contributed by atoms with Crippen LogP contribution in [-0.4, -0.2) is 23.2 Å². The van der Waals surface area contributed by atoms with E-state index >= 15 is 0 Å². The van der Waals surface area contributed by atoms with Crippen LogP contribution in [0.2, 0.25) is 0 Å². The van der Waals surface area contributed by atoms with E-state index < -0.39 is 6.10 Å². The van der Waals surface area contributed by atoms with Gasteiger partial charge in [0.15, 0.2) is 0 Å². The lowest BCUT2D eigenvalue weighted by molar-refractivity contribution is 0.0818. The van der Waals surface area contributed by atoms with Crippen molar-refractivity contribution in [1.82, 2.24) is 5.32 Å². The first-order valence-electron chi connectivity index (χ1n) is 7.14. The highest BCUT2D eigenvalue weighted by molar-refractivity contribution is 5.95. The van der Waals surface area contributed by atoms with E-state index in [4.69, 9.17) is 0 Å². The van der Waals surface area contributed by atoms with Gasteiger partial charge in [-0.05, 0) is 38.3 Å². The number of benzene rings is 1. The highest BCUT2D eigenvalue weighted by atomic mass is 16.3. The van der Waals surface area contributed by atoms with E-state index in [1.807, 2.05) is 32.0 Å². The van der Waals surface area contributed by atoms with Crippen LogP contribution in [-0.2, 0) is 0 Å². The van der Waals surface area contributed by atoms with E-state index in [2.05, 4.69) is 5.32 Å². The van der Waals surface area contributed by atoms with Gasteiger partial charge in [-0.25, -0.2) is 0 Å². The first-order chi connectivity index (χ1) is 9.08. The topological polar surface area (TPSA) is 49.3 Å². The molecule has 0 aromatic heterocycles. The molecule has 0 heterocycles. The molecule has 1 aliphatic carbocycles. The van der Waals surface area contributed by atoms with Crippen LogP contribution in [0.4, 0.5) is 0 Å². The zero-order chi connectivity index (χ0) is 13.8. The third-order valence-electron chi connectivity index (χ3n) is 3.92. The van der Waals surface area contributed by atoms with Crippen molar-refractivity contribution in [3.8, 4) is 0 Å². The van der Waals surface area contributed by atoms with Crippen molar-refractivity contribution in [1.29, 1.82) is 0 Å². The standard InChI is InChI=1S/C16H23NO2/c1-11-8-9-13(12(2)10-11)16(19)17-14-6-4-3-5-7-15(14)18/h8-10,14-15,18H,3-7H2,1-2H3,(H,17,19). The molecule has 2 unspecified atom stereocenters. The number of hydrogen-bond acceptors (Lipinski definition) is 2. The largest absolute Gasteiger partial charge is 0.391 e. The number of aliphatic hydroxyl groups is 1. The molecule has 1 aromatic rings. The van der Waals surface area contributed by atoms with Crippen LogP contribution in [0.15, 0.2) is 18.2 Å². The van der Waals surface area contributed by atoms with E-state index in [0.717, 1.165) is 43.2 Å². The Morgan fingerprint density at radius 1 is 1.21 bits per heavy atom. The van der Waals surface area contributed by atoms with Gasteiger partial charge < -0.3 is 10.4 Å². The lowest BCUT2D eigenvalue weighted by Crippen LogP contribution is -2.42. The Morgan fingerprint density at radius 2 is 1.95 bits per heavy atom. The predicted octanol–water partition coefficient (Wildman–Crippen LogP) is 2.73. The molecule has 3 nitrogen and oxygen atoms in total. The first-order valence-corrected chi connectivity index (χ1v) is 7.14. The third kappa shape index (κ3) is 3.57. The van der Waals surface area contributed by atoms with Crippen LogP contribution >= 0.6 is 0 Å². The van der Waals surface area contributed by atoms with E-state index in [1.165, 1.54) is 0 Å². The summed E-state index contributed by atoms with van der Waals surface area (Å²) < 4.78 is 0. The molecule has 1 aromatic carbocycles. The Bertz CT molecular complexity index is 456. The van der Waals surface area contributed by atoms with Gasteiger partial charge >= 0.3 is 0 Å². The molecule has 0 spiro atoms. The highest BCUT2D eigenvalue weighted by Crippen LogP contribution is 2.19. The average molecular weight is 261 g/mol. The first kappa shape index (κ1) is 14.1. The van der Waals surface area contributed by atoms with Crippen molar-refractivity contribution in [2.75, 3.05) is 0 Å². The summed E-state index contributed by atoms with van der Waals surface area (Å²) in [6.07, 6.45) is 4.53. The number of carbonyl (C=O) groups is 1. The fourth-order valence-electron chi connectivity index (χ4n) is 2.77. The number of nitrogens with one attached hydrogen (secondary N) is 1. The number of aliphatic hydroxyl groups excluding tert-OH is 1. The molecular formula is C16H23NO2. The van der Waals surface area contributed by atoms with Gasteiger partial charge in [0, 0.05) is 5.56 Å². The molecule has 0 saturated heterocycles. The Kier molecular flexibility index (Phi) is 4.59. The van der Waals surface area contributed by atoms with Gasteiger partial charge in [0.1, 0.15) is 0 Å². The highest BCUT2D eigenvalue weighted by Gasteiger charge is 2.23. The van der Waals surface area contributed by atoms with Gasteiger partial charge in [0.2, 0.25) is 0 Å². The molecule has 0 aliphatic heterocycles. The molecule has 2 N–H and O–H groups in total. The van der Waals surface area contributed by atoms with Gasteiger partial charge in [-0.2, -0.15) is 0 Å². The van der Waals surface area contributed by atoms with Crippen molar-refractivity contribution >= 4 is 5.91 Å². The zero-order valence-electron chi connectivity index (χ0n) is 11.8. The zero-order valence-corrected chi connectivity index (χ0v) is 11.8. The minimum Gasteiger partial charge on any atom is -0.391 e. The van der Waals surface area contributed by atoms with Crippen LogP contribution in [0, 0.1) is 13.8 Å². The Balaban J connectivity index is 2.07. The van der Waals surface area contributed by atoms with Gasteiger partial charge in [-0.15, -0.1) is 0 Å². The normalized spacial score (nSPS) is 23.7. The second-order valence-corrected chi connectivity index (χ2v) is 5.60. The molecule has 1 aliphatic rings. The summed E-state index contributed by atoms with van der Waals surface area (Å²) in [5.74, 6) is -0.0662. The quantitative estimate of drug-likeness (QED) is 0.804. The molecule has 1 fully saturated rings. The maximum absolute atomic E-state index is 12.3. The number of carbonyl (C=O) groups excluding carboxylic acids is 1. The smallest absolute Gasteiger partial charge is 0.251 e. The lowest BCUT2D eigenvalue weighted by Gasteiger charge is -2.22. The van der Waals surface area contributed by atoms with Gasteiger partial charge in [0.05, 0.1) is 12.1 Å². The lowest BCUT2D eigenvalue weighted by atomic mass is 10.0. The Morgan fingerprint density at radius 3 is 2.68 bits per heavy atom. The van der Waals surface area contributed by atoms with Gasteiger partial charge in [-0.3, -0.25) is 4.79 Å². The summed E-state index contributed by atoms with van der Waals surface area (Å²) in [6, 6.07) is 5.73. The summed E-state index contributed by atoms with van der Waals surface area (Å²) >= 11 is 0. The van der Waals surface area contributed by atoms with Crippen LogP contribution in [0.3, 0.4) is 0 Å². The van der Waals surface area contributed by atoms with E-state index in [1.54, 1.807) is 0 Å². The van der Waals surface area contributed by atoms with Crippen LogP contribution in [0.25, 0.3) is 0 Å². The summed E-state index contributed by atoms with van der Waals surface area (Å²) in [5.41, 5.74) is 2.85. The van der Waals surface area contributed by atoms with Crippen molar-refractivity contribution in [3.63, 3.8) is 0 Å². The molecule has 1 saturated carbocycles. The average Bonchev–Trinajstić information content (AvgIpc) is 2.55. The van der Waals surface area contributed by atoms with Gasteiger partial charge in [0.25, 0.3) is 5.91 Å². The molecule has 0 bridgehead atoms. The van der Waals surface area contributed by atoms with Gasteiger partial charge in [-0.1, -0.05) is 37.0 Å². The van der Waals surface area contributed by atoms with Crippen molar-refractivity contribution in [2.24, 2.45) is 0 Å². The van der Waals surface area contributed by atoms with Crippen molar-refractivity contribution < 1.29 is 9.90 Å². The number of rotatable bonds is 2. The van der Waals surface area contributed by atoms with E-state index in [9.17, 15) is 9.90 Å². The number of hydrogen-bond donors (Lipinski definition) is 2. The minimum absolute atomic E-state index is 0.0662. The fourth-order valence-corrected chi connectivity index (χ4v) is 2.77.